The molecule has 0 unspecified atom stereocenters. The quantitative estimate of drug-likeness (QED) is 0.526. The second-order valence-electron chi connectivity index (χ2n) is 2.58. The van der Waals surface area contributed by atoms with E-state index in [-0.39, 0.29) is 6.79 Å². The van der Waals surface area contributed by atoms with Crippen LogP contribution in [-0.4, -0.2) is 20.0 Å². The fraction of sp³-hybridized carbons (Fsp3) is 0.222. The molecule has 2 rings (SSSR count). The molecule has 1 aliphatic heterocycles. The highest BCUT2D eigenvalue weighted by Crippen LogP contribution is 2.41. The van der Waals surface area contributed by atoms with Crippen LogP contribution in [0.25, 0.3) is 0 Å². The van der Waals surface area contributed by atoms with E-state index in [1.807, 2.05) is 0 Å². The molecule has 1 heterocycles. The fourth-order valence-corrected chi connectivity index (χ4v) is 1.21. The molecular weight excluding hydrogens is 186 g/mol. The number of ether oxygens (including phenoxy) is 3. The molecule has 0 atom stereocenters. The predicted octanol–water partition coefficient (Wildman–Crippen LogP) is 1.39. The topological polar surface area (TPSA) is 57.1 Å². The number of aliphatic imine (C=N–C) groups is 1. The third-order valence-electron chi connectivity index (χ3n) is 1.84. The zero-order valence-electron chi connectivity index (χ0n) is 7.44. The van der Waals surface area contributed by atoms with Gasteiger partial charge in [-0.1, -0.05) is 0 Å². The van der Waals surface area contributed by atoms with Gasteiger partial charge in [0.15, 0.2) is 11.5 Å². The minimum Gasteiger partial charge on any atom is -0.494 e. The lowest BCUT2D eigenvalue weighted by Crippen LogP contribution is -1.92. The number of hydrogen-bond acceptors (Lipinski definition) is 5. The lowest BCUT2D eigenvalue weighted by atomic mass is 10.2. The standard InChI is InChI=1S/C9H7NO4/c1-12-7-3-9-8(13-5-14-9)2-6(7)10-4-11/h2-3H,5H2,1H3. The smallest absolute Gasteiger partial charge is 0.240 e. The minimum atomic E-state index is 0.173. The Balaban J connectivity index is 2.53. The molecule has 5 nitrogen and oxygen atoms in total. The van der Waals surface area contributed by atoms with Gasteiger partial charge in [0.25, 0.3) is 0 Å². The van der Waals surface area contributed by atoms with Gasteiger partial charge in [-0.15, -0.1) is 0 Å². The zero-order valence-corrected chi connectivity index (χ0v) is 7.44. The number of rotatable bonds is 2. The van der Waals surface area contributed by atoms with Gasteiger partial charge < -0.3 is 14.2 Å². The maximum atomic E-state index is 10.1. The first-order valence-corrected chi connectivity index (χ1v) is 3.90. The summed E-state index contributed by atoms with van der Waals surface area (Å²) in [6.45, 7) is 0.173. The Morgan fingerprint density at radius 2 is 2.14 bits per heavy atom. The summed E-state index contributed by atoms with van der Waals surface area (Å²) in [6, 6.07) is 3.20. The maximum Gasteiger partial charge on any atom is 0.240 e. The summed E-state index contributed by atoms with van der Waals surface area (Å²) in [5.74, 6) is 1.60. The number of nitrogens with zero attached hydrogens (tertiary/aromatic N) is 1. The Morgan fingerprint density at radius 1 is 1.43 bits per heavy atom. The van der Waals surface area contributed by atoms with Crippen molar-refractivity contribution >= 4 is 11.8 Å². The van der Waals surface area contributed by atoms with Gasteiger partial charge >= 0.3 is 0 Å². The van der Waals surface area contributed by atoms with Gasteiger partial charge in [-0.2, -0.15) is 4.99 Å². The summed E-state index contributed by atoms with van der Waals surface area (Å²) in [4.78, 5) is 13.6. The lowest BCUT2D eigenvalue weighted by Gasteiger charge is -2.03. The van der Waals surface area contributed by atoms with E-state index in [0.717, 1.165) is 0 Å². The third kappa shape index (κ3) is 1.30. The number of fused-ring (bicyclic) bond motifs is 1. The molecule has 0 radical (unpaired) electrons. The van der Waals surface area contributed by atoms with Crippen LogP contribution in [0.5, 0.6) is 17.2 Å². The SMILES string of the molecule is COc1cc2c(cc1N=C=O)OCO2. The Labute approximate surface area is 79.9 Å². The lowest BCUT2D eigenvalue weighted by molar-refractivity contribution is 0.174. The minimum absolute atomic E-state index is 0.173. The number of carbonyl (C=O) groups excluding carboxylic acids is 1. The Morgan fingerprint density at radius 3 is 2.79 bits per heavy atom. The molecule has 1 aromatic rings. The van der Waals surface area contributed by atoms with Crippen LogP contribution in [0, 0.1) is 0 Å². The summed E-state index contributed by atoms with van der Waals surface area (Å²) in [7, 11) is 1.49. The monoisotopic (exact) mass is 193 g/mol. The van der Waals surface area contributed by atoms with Crippen LogP contribution < -0.4 is 14.2 Å². The van der Waals surface area contributed by atoms with Crippen LogP contribution in [0.3, 0.4) is 0 Å². The third-order valence-corrected chi connectivity index (χ3v) is 1.84. The van der Waals surface area contributed by atoms with Crippen molar-refractivity contribution in [3.63, 3.8) is 0 Å². The van der Waals surface area contributed by atoms with Crippen LogP contribution in [0.15, 0.2) is 17.1 Å². The molecule has 0 N–H and O–H groups in total. The van der Waals surface area contributed by atoms with E-state index in [4.69, 9.17) is 14.2 Å². The van der Waals surface area contributed by atoms with Gasteiger partial charge in [-0.25, -0.2) is 4.79 Å². The molecule has 0 aromatic heterocycles. The average molecular weight is 193 g/mol. The highest BCUT2D eigenvalue weighted by Gasteiger charge is 2.17. The van der Waals surface area contributed by atoms with E-state index in [1.54, 1.807) is 12.1 Å². The fourth-order valence-electron chi connectivity index (χ4n) is 1.21. The second kappa shape index (κ2) is 3.40. The maximum absolute atomic E-state index is 10.1. The van der Waals surface area contributed by atoms with Gasteiger partial charge in [0.05, 0.1) is 7.11 Å². The molecule has 0 aliphatic carbocycles. The molecule has 1 aliphatic rings. The highest BCUT2D eigenvalue weighted by atomic mass is 16.7. The van der Waals surface area contributed by atoms with Crippen molar-refractivity contribution in [1.29, 1.82) is 0 Å². The van der Waals surface area contributed by atoms with Crippen LogP contribution in [0.2, 0.25) is 0 Å². The van der Waals surface area contributed by atoms with Crippen LogP contribution >= 0.6 is 0 Å². The normalized spacial score (nSPS) is 12.1. The molecule has 0 saturated carbocycles. The first-order valence-electron chi connectivity index (χ1n) is 3.90. The Hall–Kier alpha value is -2.00. The van der Waals surface area contributed by atoms with Crippen LogP contribution in [0.1, 0.15) is 0 Å². The molecule has 5 heteroatoms. The molecular formula is C9H7NO4. The van der Waals surface area contributed by atoms with E-state index in [0.29, 0.717) is 22.9 Å². The van der Waals surface area contributed by atoms with Crippen LogP contribution in [-0.2, 0) is 4.79 Å². The molecule has 0 fully saturated rings. The Kier molecular flexibility index (Phi) is 2.08. The highest BCUT2D eigenvalue weighted by molar-refractivity contribution is 5.65. The Bertz CT molecular complexity index is 410. The van der Waals surface area contributed by atoms with Crippen molar-refractivity contribution in [2.75, 3.05) is 13.9 Å². The van der Waals surface area contributed by atoms with Crippen molar-refractivity contribution in [3.05, 3.63) is 12.1 Å². The van der Waals surface area contributed by atoms with E-state index >= 15 is 0 Å². The van der Waals surface area contributed by atoms with Crippen molar-refractivity contribution in [2.24, 2.45) is 4.99 Å². The van der Waals surface area contributed by atoms with Crippen molar-refractivity contribution in [1.82, 2.24) is 0 Å². The summed E-state index contributed by atoms with van der Waals surface area (Å²) >= 11 is 0. The number of methoxy groups -OCH3 is 1. The van der Waals surface area contributed by atoms with Gasteiger partial charge in [-0.05, 0) is 0 Å². The first-order chi connectivity index (χ1) is 6.85. The van der Waals surface area contributed by atoms with Crippen LogP contribution in [0.4, 0.5) is 5.69 Å². The molecule has 0 bridgehead atoms. The van der Waals surface area contributed by atoms with Crippen molar-refractivity contribution in [3.8, 4) is 17.2 Å². The second-order valence-corrected chi connectivity index (χ2v) is 2.58. The van der Waals surface area contributed by atoms with E-state index < -0.39 is 0 Å². The average Bonchev–Trinajstić information content (AvgIpc) is 2.64. The summed E-state index contributed by atoms with van der Waals surface area (Å²) < 4.78 is 15.3. The number of isocyanates is 1. The number of benzene rings is 1. The summed E-state index contributed by atoms with van der Waals surface area (Å²) in [5.41, 5.74) is 0.381. The largest absolute Gasteiger partial charge is 0.494 e. The van der Waals surface area contributed by atoms with Gasteiger partial charge in [0, 0.05) is 12.1 Å². The first kappa shape index (κ1) is 8.59. The van der Waals surface area contributed by atoms with E-state index in [9.17, 15) is 4.79 Å². The predicted molar refractivity (Wildman–Crippen MR) is 46.9 cm³/mol. The van der Waals surface area contributed by atoms with Gasteiger partial charge in [-0.3, -0.25) is 0 Å². The summed E-state index contributed by atoms with van der Waals surface area (Å²) in [6.07, 6.45) is 1.45. The zero-order chi connectivity index (χ0) is 9.97. The molecule has 0 spiro atoms. The molecule has 0 saturated heterocycles. The van der Waals surface area contributed by atoms with E-state index in [2.05, 4.69) is 4.99 Å². The van der Waals surface area contributed by atoms with Gasteiger partial charge in [0.2, 0.25) is 12.9 Å². The summed E-state index contributed by atoms with van der Waals surface area (Å²) in [5, 5.41) is 0. The number of hydrogen-bond donors (Lipinski definition) is 0. The van der Waals surface area contributed by atoms with E-state index in [1.165, 1.54) is 13.2 Å². The van der Waals surface area contributed by atoms with Crippen molar-refractivity contribution < 1.29 is 19.0 Å². The molecule has 72 valence electrons. The molecule has 0 amide bonds. The van der Waals surface area contributed by atoms with Gasteiger partial charge in [0.1, 0.15) is 11.4 Å². The van der Waals surface area contributed by atoms with Crippen molar-refractivity contribution in [2.45, 2.75) is 0 Å². The molecule has 1 aromatic carbocycles. The molecule has 14 heavy (non-hydrogen) atoms.